The fraction of sp³-hybridized carbons (Fsp3) is 0.656. The second-order valence-corrected chi connectivity index (χ2v) is 14.0. The van der Waals surface area contributed by atoms with Crippen molar-refractivity contribution in [3.05, 3.63) is 29.8 Å². The smallest absolute Gasteiger partial charge is 0.416 e. The summed E-state index contributed by atoms with van der Waals surface area (Å²) in [6.45, 7) is 9.42. The van der Waals surface area contributed by atoms with Crippen LogP contribution in [0.3, 0.4) is 0 Å². The molecule has 0 radical (unpaired) electrons. The van der Waals surface area contributed by atoms with Crippen molar-refractivity contribution in [3.8, 4) is 0 Å². The predicted molar refractivity (Wildman–Crippen MR) is 155 cm³/mol. The van der Waals surface area contributed by atoms with Gasteiger partial charge in [-0.3, -0.25) is 9.69 Å². The molecule has 4 saturated carbocycles. The molecule has 2 N–H and O–H groups in total. The van der Waals surface area contributed by atoms with Gasteiger partial charge in [0.15, 0.2) is 0 Å². The summed E-state index contributed by atoms with van der Waals surface area (Å²) in [5, 5.41) is 7.59. The molecule has 39 heavy (non-hydrogen) atoms. The lowest BCUT2D eigenvalue weighted by Crippen LogP contribution is -2.48. The summed E-state index contributed by atoms with van der Waals surface area (Å²) in [6, 6.07) is 7.93. The van der Waals surface area contributed by atoms with Crippen molar-refractivity contribution in [1.29, 1.82) is 0 Å². The SMILES string of the molecule is Cc1ccc2nc(N(C(=O)OC(C)(C)C)C3CCNCC3)ccc2c1NC(=O)CC12CC3CC(CC(C3)C1)C2. The van der Waals surface area contributed by atoms with E-state index in [0.29, 0.717) is 12.2 Å². The van der Waals surface area contributed by atoms with Crippen molar-refractivity contribution in [1.82, 2.24) is 10.3 Å². The Morgan fingerprint density at radius 3 is 2.28 bits per heavy atom. The molecule has 0 unspecified atom stereocenters. The third-order valence-electron chi connectivity index (χ3n) is 9.54. The molecule has 2 heterocycles. The van der Waals surface area contributed by atoms with Crippen molar-refractivity contribution >= 4 is 34.4 Å². The summed E-state index contributed by atoms with van der Waals surface area (Å²) in [5.41, 5.74) is 2.24. The van der Waals surface area contributed by atoms with Crippen LogP contribution in [-0.2, 0) is 9.53 Å². The molecule has 1 aliphatic heterocycles. The molecule has 0 atom stereocenters. The second kappa shape index (κ2) is 10.1. The van der Waals surface area contributed by atoms with Gasteiger partial charge in [-0.05, 0) is 139 Å². The summed E-state index contributed by atoms with van der Waals surface area (Å²) >= 11 is 0. The van der Waals surface area contributed by atoms with Gasteiger partial charge in [0.1, 0.15) is 11.4 Å². The minimum Gasteiger partial charge on any atom is -0.443 e. The molecule has 7 heteroatoms. The van der Waals surface area contributed by atoms with E-state index in [9.17, 15) is 9.59 Å². The topological polar surface area (TPSA) is 83.6 Å². The van der Waals surface area contributed by atoms with E-state index in [1.165, 1.54) is 38.5 Å². The maximum atomic E-state index is 13.5. The van der Waals surface area contributed by atoms with Crippen molar-refractivity contribution < 1.29 is 14.3 Å². The Kier molecular flexibility index (Phi) is 6.85. The van der Waals surface area contributed by atoms with E-state index in [1.54, 1.807) is 4.90 Å². The van der Waals surface area contributed by atoms with Crippen LogP contribution in [-0.4, -0.2) is 41.7 Å². The van der Waals surface area contributed by atoms with E-state index in [2.05, 4.69) is 10.6 Å². The first-order chi connectivity index (χ1) is 18.6. The Balaban J connectivity index is 1.25. The molecule has 2 amide bonds. The number of anilines is 2. The van der Waals surface area contributed by atoms with Gasteiger partial charge in [-0.2, -0.15) is 0 Å². The summed E-state index contributed by atoms with van der Waals surface area (Å²) < 4.78 is 5.80. The van der Waals surface area contributed by atoms with Crippen LogP contribution in [0.2, 0.25) is 0 Å². The van der Waals surface area contributed by atoms with Gasteiger partial charge in [-0.25, -0.2) is 9.78 Å². The number of benzene rings is 1. The van der Waals surface area contributed by atoms with Gasteiger partial charge < -0.3 is 15.4 Å². The van der Waals surface area contributed by atoms with Crippen LogP contribution in [0.25, 0.3) is 10.9 Å². The van der Waals surface area contributed by atoms with Crippen molar-refractivity contribution in [2.45, 2.75) is 97.1 Å². The number of amides is 2. The van der Waals surface area contributed by atoms with Crippen molar-refractivity contribution in [2.24, 2.45) is 23.2 Å². The first-order valence-electron chi connectivity index (χ1n) is 15.0. The molecular formula is C32H44N4O3. The first kappa shape index (κ1) is 26.5. The van der Waals surface area contributed by atoms with Gasteiger partial charge in [-0.15, -0.1) is 0 Å². The van der Waals surface area contributed by atoms with E-state index in [-0.39, 0.29) is 23.5 Å². The van der Waals surface area contributed by atoms with Crippen LogP contribution in [0.15, 0.2) is 24.3 Å². The molecule has 1 saturated heterocycles. The molecule has 4 bridgehead atoms. The predicted octanol–water partition coefficient (Wildman–Crippen LogP) is 6.58. The molecule has 0 spiro atoms. The Hall–Kier alpha value is -2.67. The van der Waals surface area contributed by atoms with Crippen LogP contribution < -0.4 is 15.5 Å². The molecule has 5 fully saturated rings. The van der Waals surface area contributed by atoms with Crippen molar-refractivity contribution in [3.63, 3.8) is 0 Å². The molecule has 4 aliphatic carbocycles. The second-order valence-electron chi connectivity index (χ2n) is 14.0. The number of nitrogens with zero attached hydrogens (tertiary/aromatic N) is 2. The molecule has 210 valence electrons. The van der Waals surface area contributed by atoms with E-state index < -0.39 is 5.60 Å². The minimum atomic E-state index is -0.593. The van der Waals surface area contributed by atoms with Gasteiger partial charge in [0.2, 0.25) is 5.91 Å². The fourth-order valence-electron chi connectivity index (χ4n) is 8.44. The number of rotatable bonds is 5. The normalized spacial score (nSPS) is 28.5. The molecular weight excluding hydrogens is 488 g/mol. The lowest BCUT2D eigenvalue weighted by Gasteiger charge is -2.56. The number of aromatic nitrogens is 1. The number of hydrogen-bond donors (Lipinski definition) is 2. The van der Waals surface area contributed by atoms with Crippen LogP contribution in [0, 0.1) is 30.1 Å². The molecule has 7 rings (SSSR count). The molecule has 5 aliphatic rings. The van der Waals surface area contributed by atoms with Gasteiger partial charge in [0, 0.05) is 17.8 Å². The number of nitrogens with one attached hydrogen (secondary N) is 2. The molecule has 1 aromatic carbocycles. The van der Waals surface area contributed by atoms with Crippen LogP contribution in [0.4, 0.5) is 16.3 Å². The van der Waals surface area contributed by atoms with Crippen LogP contribution in [0.5, 0.6) is 0 Å². The number of carbonyl (C=O) groups is 2. The van der Waals surface area contributed by atoms with Gasteiger partial charge in [0.05, 0.1) is 11.2 Å². The number of fused-ring (bicyclic) bond motifs is 1. The standard InChI is InChI=1S/C32H44N4O3/c1-20-5-7-26-25(29(20)35-28(37)19-32-16-21-13-22(17-32)15-23(14-21)18-32)6-8-27(34-26)36(24-9-11-33-12-10-24)30(38)39-31(2,3)4/h5-8,21-24,33H,9-19H2,1-4H3,(H,35,37). The van der Waals surface area contributed by atoms with Gasteiger partial charge in [-0.1, -0.05) is 6.07 Å². The maximum absolute atomic E-state index is 13.5. The maximum Gasteiger partial charge on any atom is 0.416 e. The number of aryl methyl sites for hydroxylation is 1. The molecule has 7 nitrogen and oxygen atoms in total. The summed E-state index contributed by atoms with van der Waals surface area (Å²) in [6.07, 6.45) is 9.78. The van der Waals surface area contributed by atoms with Crippen LogP contribution >= 0.6 is 0 Å². The molecule has 1 aromatic heterocycles. The largest absolute Gasteiger partial charge is 0.443 e. The lowest BCUT2D eigenvalue weighted by atomic mass is 9.49. The van der Waals surface area contributed by atoms with Crippen LogP contribution in [0.1, 0.15) is 84.1 Å². The Morgan fingerprint density at radius 1 is 1.03 bits per heavy atom. The Bertz CT molecular complexity index is 1220. The van der Waals surface area contributed by atoms with E-state index in [1.807, 2.05) is 52.0 Å². The third-order valence-corrected chi connectivity index (χ3v) is 9.54. The summed E-state index contributed by atoms with van der Waals surface area (Å²) in [7, 11) is 0. The van der Waals surface area contributed by atoms with Gasteiger partial charge in [0.25, 0.3) is 0 Å². The first-order valence-corrected chi connectivity index (χ1v) is 15.0. The summed E-state index contributed by atoms with van der Waals surface area (Å²) in [4.78, 5) is 33.5. The average molecular weight is 533 g/mol. The van der Waals surface area contributed by atoms with E-state index in [0.717, 1.165) is 65.8 Å². The number of pyridine rings is 1. The van der Waals surface area contributed by atoms with Crippen molar-refractivity contribution in [2.75, 3.05) is 23.3 Å². The number of piperidine rings is 1. The summed E-state index contributed by atoms with van der Waals surface area (Å²) in [5.74, 6) is 3.22. The fourth-order valence-corrected chi connectivity index (χ4v) is 8.44. The zero-order valence-corrected chi connectivity index (χ0v) is 24.0. The number of ether oxygens (including phenoxy) is 1. The van der Waals surface area contributed by atoms with Gasteiger partial charge >= 0.3 is 6.09 Å². The highest BCUT2D eigenvalue weighted by atomic mass is 16.6. The Morgan fingerprint density at radius 2 is 1.67 bits per heavy atom. The number of hydrogen-bond acceptors (Lipinski definition) is 5. The average Bonchev–Trinajstić information content (AvgIpc) is 2.84. The highest BCUT2D eigenvalue weighted by Gasteiger charge is 2.51. The highest BCUT2D eigenvalue weighted by molar-refractivity contribution is 6.03. The third kappa shape index (κ3) is 5.52. The minimum absolute atomic E-state index is 0.0240. The number of carbonyl (C=O) groups excluding carboxylic acids is 2. The lowest BCUT2D eigenvalue weighted by molar-refractivity contribution is -0.124. The Labute approximate surface area is 232 Å². The molecule has 2 aromatic rings. The van der Waals surface area contributed by atoms with E-state index >= 15 is 0 Å². The van der Waals surface area contributed by atoms with E-state index in [4.69, 9.17) is 9.72 Å². The zero-order valence-electron chi connectivity index (χ0n) is 24.0. The monoisotopic (exact) mass is 532 g/mol. The quantitative estimate of drug-likeness (QED) is 0.454. The highest BCUT2D eigenvalue weighted by Crippen LogP contribution is 2.61. The zero-order chi connectivity index (χ0) is 27.4.